The van der Waals surface area contributed by atoms with Gasteiger partial charge in [0.1, 0.15) is 0 Å². The van der Waals surface area contributed by atoms with Crippen LogP contribution in [0.15, 0.2) is 0 Å². The summed E-state index contributed by atoms with van der Waals surface area (Å²) in [4.78, 5) is 17.1. The average molecular weight is 254 g/mol. The SMILES string of the molecule is CCOC(=O)c1nc(C2CCNCC2)sc1C. The molecule has 1 fully saturated rings. The van der Waals surface area contributed by atoms with Crippen molar-refractivity contribution in [1.29, 1.82) is 0 Å². The van der Waals surface area contributed by atoms with E-state index in [0.717, 1.165) is 35.8 Å². The second kappa shape index (κ2) is 5.60. The Morgan fingerprint density at radius 3 is 2.88 bits per heavy atom. The predicted molar refractivity (Wildman–Crippen MR) is 67.7 cm³/mol. The van der Waals surface area contributed by atoms with Crippen molar-refractivity contribution in [2.75, 3.05) is 19.7 Å². The van der Waals surface area contributed by atoms with Crippen LogP contribution in [0.25, 0.3) is 0 Å². The van der Waals surface area contributed by atoms with Crippen molar-refractivity contribution < 1.29 is 9.53 Å². The summed E-state index contributed by atoms with van der Waals surface area (Å²) in [5, 5.41) is 4.42. The van der Waals surface area contributed by atoms with Crippen LogP contribution < -0.4 is 5.32 Å². The van der Waals surface area contributed by atoms with Crippen molar-refractivity contribution in [3.05, 3.63) is 15.6 Å². The number of hydrogen-bond donors (Lipinski definition) is 1. The molecule has 0 amide bonds. The third kappa shape index (κ3) is 2.84. The lowest BCUT2D eigenvalue weighted by Crippen LogP contribution is -2.26. The van der Waals surface area contributed by atoms with Crippen LogP contribution in [-0.4, -0.2) is 30.6 Å². The Hall–Kier alpha value is -0.940. The highest BCUT2D eigenvalue weighted by Gasteiger charge is 2.23. The highest BCUT2D eigenvalue weighted by molar-refractivity contribution is 7.12. The highest BCUT2D eigenvalue weighted by atomic mass is 32.1. The molecule has 5 heteroatoms. The zero-order valence-corrected chi connectivity index (χ0v) is 11.1. The summed E-state index contributed by atoms with van der Waals surface area (Å²) in [6.45, 7) is 6.23. The van der Waals surface area contributed by atoms with Gasteiger partial charge in [0, 0.05) is 10.8 Å². The molecule has 0 radical (unpaired) electrons. The number of aryl methyl sites for hydroxylation is 1. The first-order valence-corrected chi connectivity index (χ1v) is 6.89. The molecular weight excluding hydrogens is 236 g/mol. The molecule has 1 saturated heterocycles. The normalized spacial score (nSPS) is 17.1. The van der Waals surface area contributed by atoms with Crippen LogP contribution in [0, 0.1) is 6.92 Å². The summed E-state index contributed by atoms with van der Waals surface area (Å²) in [6, 6.07) is 0. The van der Waals surface area contributed by atoms with E-state index in [4.69, 9.17) is 4.74 Å². The largest absolute Gasteiger partial charge is 0.461 e. The Bertz CT molecular complexity index is 397. The lowest BCUT2D eigenvalue weighted by molar-refractivity contribution is 0.0519. The molecule has 1 aliphatic rings. The van der Waals surface area contributed by atoms with Gasteiger partial charge in [0.15, 0.2) is 5.69 Å². The van der Waals surface area contributed by atoms with Gasteiger partial charge in [0.25, 0.3) is 0 Å². The van der Waals surface area contributed by atoms with E-state index in [0.29, 0.717) is 18.2 Å². The van der Waals surface area contributed by atoms with Crippen molar-refractivity contribution in [3.8, 4) is 0 Å². The van der Waals surface area contributed by atoms with Gasteiger partial charge in [-0.25, -0.2) is 9.78 Å². The summed E-state index contributed by atoms with van der Waals surface area (Å²) < 4.78 is 5.00. The highest BCUT2D eigenvalue weighted by Crippen LogP contribution is 2.30. The van der Waals surface area contributed by atoms with E-state index in [2.05, 4.69) is 10.3 Å². The second-order valence-corrected chi connectivity index (χ2v) is 5.44. The number of piperidine rings is 1. The van der Waals surface area contributed by atoms with Gasteiger partial charge >= 0.3 is 5.97 Å². The molecule has 0 saturated carbocycles. The Morgan fingerprint density at radius 2 is 2.24 bits per heavy atom. The fourth-order valence-corrected chi connectivity index (χ4v) is 3.13. The molecule has 1 N–H and O–H groups in total. The van der Waals surface area contributed by atoms with Gasteiger partial charge in [-0.15, -0.1) is 11.3 Å². The van der Waals surface area contributed by atoms with Crippen molar-refractivity contribution >= 4 is 17.3 Å². The van der Waals surface area contributed by atoms with E-state index in [9.17, 15) is 4.79 Å². The molecule has 17 heavy (non-hydrogen) atoms. The number of thiazole rings is 1. The Morgan fingerprint density at radius 1 is 1.53 bits per heavy atom. The number of esters is 1. The summed E-state index contributed by atoms with van der Waals surface area (Å²) in [6.07, 6.45) is 2.21. The molecule has 2 rings (SSSR count). The topological polar surface area (TPSA) is 51.2 Å². The van der Waals surface area contributed by atoms with E-state index in [1.54, 1.807) is 11.3 Å². The summed E-state index contributed by atoms with van der Waals surface area (Å²) in [5.41, 5.74) is 0.505. The van der Waals surface area contributed by atoms with Crippen molar-refractivity contribution in [2.24, 2.45) is 0 Å². The number of hydrogen-bond acceptors (Lipinski definition) is 5. The van der Waals surface area contributed by atoms with Crippen LogP contribution in [0.4, 0.5) is 0 Å². The molecule has 0 bridgehead atoms. The Balaban J connectivity index is 2.14. The minimum absolute atomic E-state index is 0.290. The molecule has 0 unspecified atom stereocenters. The monoisotopic (exact) mass is 254 g/mol. The van der Waals surface area contributed by atoms with Crippen LogP contribution >= 0.6 is 11.3 Å². The third-order valence-electron chi connectivity index (χ3n) is 2.97. The lowest BCUT2D eigenvalue weighted by Gasteiger charge is -2.20. The molecule has 0 aliphatic carbocycles. The quantitative estimate of drug-likeness (QED) is 0.839. The number of carbonyl (C=O) groups excluding carboxylic acids is 1. The number of aromatic nitrogens is 1. The van der Waals surface area contributed by atoms with E-state index in [1.165, 1.54) is 0 Å². The lowest BCUT2D eigenvalue weighted by atomic mass is 9.99. The zero-order valence-electron chi connectivity index (χ0n) is 10.3. The molecule has 1 aromatic heterocycles. The van der Waals surface area contributed by atoms with E-state index < -0.39 is 0 Å². The fourth-order valence-electron chi connectivity index (χ4n) is 2.05. The summed E-state index contributed by atoms with van der Waals surface area (Å²) >= 11 is 1.64. The molecule has 94 valence electrons. The molecule has 0 aromatic carbocycles. The van der Waals surface area contributed by atoms with Gasteiger partial charge < -0.3 is 10.1 Å². The molecule has 1 aromatic rings. The smallest absolute Gasteiger partial charge is 0.358 e. The van der Waals surface area contributed by atoms with Crippen molar-refractivity contribution in [1.82, 2.24) is 10.3 Å². The molecule has 4 nitrogen and oxygen atoms in total. The van der Waals surface area contributed by atoms with Gasteiger partial charge in [-0.05, 0) is 39.8 Å². The van der Waals surface area contributed by atoms with Crippen LogP contribution in [-0.2, 0) is 4.74 Å². The molecule has 0 atom stereocenters. The van der Waals surface area contributed by atoms with Gasteiger partial charge in [-0.2, -0.15) is 0 Å². The van der Waals surface area contributed by atoms with Crippen LogP contribution in [0.1, 0.15) is 46.1 Å². The Labute approximate surface area is 105 Å². The van der Waals surface area contributed by atoms with E-state index in [-0.39, 0.29) is 5.97 Å². The predicted octanol–water partition coefficient (Wildman–Crippen LogP) is 2.10. The van der Waals surface area contributed by atoms with E-state index in [1.807, 2.05) is 13.8 Å². The average Bonchev–Trinajstić information content (AvgIpc) is 2.73. The third-order valence-corrected chi connectivity index (χ3v) is 4.10. The fraction of sp³-hybridized carbons (Fsp3) is 0.667. The maximum Gasteiger partial charge on any atom is 0.358 e. The first kappa shape index (κ1) is 12.5. The van der Waals surface area contributed by atoms with Gasteiger partial charge in [-0.3, -0.25) is 0 Å². The molecule has 0 spiro atoms. The van der Waals surface area contributed by atoms with Crippen molar-refractivity contribution in [3.63, 3.8) is 0 Å². The van der Waals surface area contributed by atoms with Crippen LogP contribution in [0.3, 0.4) is 0 Å². The van der Waals surface area contributed by atoms with Crippen LogP contribution in [0.5, 0.6) is 0 Å². The number of rotatable bonds is 3. The second-order valence-electron chi connectivity index (χ2n) is 4.20. The van der Waals surface area contributed by atoms with E-state index >= 15 is 0 Å². The molecule has 2 heterocycles. The Kier molecular flexibility index (Phi) is 4.12. The summed E-state index contributed by atoms with van der Waals surface area (Å²) in [7, 11) is 0. The zero-order chi connectivity index (χ0) is 12.3. The number of nitrogens with zero attached hydrogens (tertiary/aromatic N) is 1. The minimum Gasteiger partial charge on any atom is -0.461 e. The number of ether oxygens (including phenoxy) is 1. The van der Waals surface area contributed by atoms with Gasteiger partial charge in [0.2, 0.25) is 0 Å². The first-order valence-electron chi connectivity index (χ1n) is 6.07. The first-order chi connectivity index (χ1) is 8.22. The standard InChI is InChI=1S/C12H18N2O2S/c1-3-16-12(15)10-8(2)17-11(14-10)9-4-6-13-7-5-9/h9,13H,3-7H2,1-2H3. The van der Waals surface area contributed by atoms with Crippen LogP contribution in [0.2, 0.25) is 0 Å². The van der Waals surface area contributed by atoms with Gasteiger partial charge in [0.05, 0.1) is 11.6 Å². The van der Waals surface area contributed by atoms with Gasteiger partial charge in [-0.1, -0.05) is 0 Å². The maximum atomic E-state index is 11.7. The maximum absolute atomic E-state index is 11.7. The molecular formula is C12H18N2O2S. The molecule has 1 aliphatic heterocycles. The number of nitrogens with one attached hydrogen (secondary N) is 1. The number of carbonyl (C=O) groups is 1. The van der Waals surface area contributed by atoms with Crippen molar-refractivity contribution in [2.45, 2.75) is 32.6 Å². The minimum atomic E-state index is -0.290. The summed E-state index contributed by atoms with van der Waals surface area (Å²) in [5.74, 6) is 0.213.